The number of aryl methyl sites for hydroxylation is 3. The summed E-state index contributed by atoms with van der Waals surface area (Å²) in [5.41, 5.74) is 11.9. The van der Waals surface area contributed by atoms with Gasteiger partial charge in [-0.2, -0.15) is 6.21 Å². The minimum absolute atomic E-state index is 0. The first kappa shape index (κ1) is 34.2. The van der Waals surface area contributed by atoms with Gasteiger partial charge in [0.25, 0.3) is 0 Å². The Bertz CT molecular complexity index is 1600. The fraction of sp³-hybridized carbons (Fsp3) is 0.205. The largest absolute Gasteiger partial charge is 0.492 e. The summed E-state index contributed by atoms with van der Waals surface area (Å²) in [4.78, 5) is 13.4. The molecule has 0 aliphatic rings. The van der Waals surface area contributed by atoms with Crippen molar-refractivity contribution in [1.82, 2.24) is 4.98 Å². The molecule has 0 unspecified atom stereocenters. The van der Waals surface area contributed by atoms with Crippen molar-refractivity contribution >= 4 is 23.3 Å². The quantitative estimate of drug-likeness (QED) is 0.127. The van der Waals surface area contributed by atoms with Gasteiger partial charge in [0, 0.05) is 51.6 Å². The van der Waals surface area contributed by atoms with Crippen molar-refractivity contribution in [3.05, 3.63) is 132 Å². The second kappa shape index (κ2) is 17.1. The molecule has 0 saturated heterocycles. The Hall–Kier alpha value is -4.32. The first-order valence-corrected chi connectivity index (χ1v) is 14.7. The minimum atomic E-state index is 0. The van der Waals surface area contributed by atoms with Crippen molar-refractivity contribution < 1.29 is 21.5 Å². The number of aliphatic imine (C=N–C) groups is 2. The van der Waals surface area contributed by atoms with Crippen molar-refractivity contribution in [3.8, 4) is 28.0 Å². The summed E-state index contributed by atoms with van der Waals surface area (Å²) in [5.74, 6) is 0.900. The van der Waals surface area contributed by atoms with E-state index >= 15 is 0 Å². The molecule has 0 saturated carbocycles. The maximum Gasteiger partial charge on any atom is 0.135 e. The number of ether oxygens (including phenoxy) is 1. The van der Waals surface area contributed by atoms with Crippen molar-refractivity contribution in [1.29, 1.82) is 0 Å². The molecule has 44 heavy (non-hydrogen) atoms. The van der Waals surface area contributed by atoms with E-state index in [1.165, 1.54) is 16.7 Å². The van der Waals surface area contributed by atoms with E-state index in [9.17, 15) is 0 Å². The van der Waals surface area contributed by atoms with Crippen molar-refractivity contribution in [2.45, 2.75) is 48.0 Å². The van der Waals surface area contributed by atoms with E-state index in [0.29, 0.717) is 6.61 Å². The van der Waals surface area contributed by atoms with E-state index in [1.807, 2.05) is 44.3 Å². The van der Waals surface area contributed by atoms with Gasteiger partial charge in [-0.1, -0.05) is 111 Å². The molecule has 4 nitrogen and oxygen atoms in total. The number of nitrogens with zero attached hydrogens (tertiary/aromatic N) is 3. The fourth-order valence-electron chi connectivity index (χ4n) is 5.00. The molecule has 227 valence electrons. The summed E-state index contributed by atoms with van der Waals surface area (Å²) < 4.78 is 6.31. The van der Waals surface area contributed by atoms with E-state index in [2.05, 4.69) is 117 Å². The molecular weight excluding hydrogens is 585 g/mol. The topological polar surface area (TPSA) is 46.8 Å². The van der Waals surface area contributed by atoms with Gasteiger partial charge in [-0.25, -0.2) is 0 Å². The molecule has 0 atom stereocenters. The van der Waals surface area contributed by atoms with E-state index in [1.54, 1.807) is 6.20 Å². The van der Waals surface area contributed by atoms with Gasteiger partial charge in [0.2, 0.25) is 0 Å². The molecule has 0 aliphatic heterocycles. The Balaban J connectivity index is 0.000000344. The molecule has 0 fully saturated rings. The molecular formula is C39H40CoN3O-. The third-order valence-corrected chi connectivity index (χ3v) is 6.93. The number of rotatable bonds is 8. The van der Waals surface area contributed by atoms with Gasteiger partial charge in [-0.05, 0) is 49.6 Å². The van der Waals surface area contributed by atoms with Crippen molar-refractivity contribution in [3.63, 3.8) is 0 Å². The van der Waals surface area contributed by atoms with Crippen molar-refractivity contribution in [2.75, 3.05) is 6.61 Å². The number of aromatic nitrogens is 1. The van der Waals surface area contributed by atoms with Crippen LogP contribution in [0, 0.1) is 20.8 Å². The number of pyridine rings is 1. The third kappa shape index (κ3) is 9.09. The molecule has 0 spiro atoms. The summed E-state index contributed by atoms with van der Waals surface area (Å²) in [7, 11) is 0. The SMILES string of the molecule is CCCOc1c(-c2ccccc2)cc(N=C(C)c2cccnc2)cc1-c1ccccc1.C[C-]=Nc1c(C)cc(C)cc1C.[Co]. The zero-order chi connectivity index (χ0) is 30.6. The molecule has 1 aromatic heterocycles. The summed E-state index contributed by atoms with van der Waals surface area (Å²) >= 11 is 0. The molecule has 0 aliphatic carbocycles. The monoisotopic (exact) mass is 625 g/mol. The molecule has 4 aromatic carbocycles. The van der Waals surface area contributed by atoms with E-state index in [4.69, 9.17) is 9.73 Å². The third-order valence-electron chi connectivity index (χ3n) is 6.93. The zero-order valence-corrected chi connectivity index (χ0v) is 27.4. The smallest absolute Gasteiger partial charge is 0.135 e. The standard InChI is InChI=1S/C28H26N2O.C11H14N.Co/c1-3-17-31-28-26(22-11-6-4-7-12-22)18-25(19-27(28)23-13-8-5-9-14-23)30-21(2)24-15-10-16-29-20-24;1-5-12-11-9(3)6-8(2)7-10(11)4;/h4-16,18-20H,3,17H2,1-2H3;6-7H,1-4H3;/q;-1;. The average molecular weight is 626 g/mol. The molecule has 0 N–H and O–H groups in total. The van der Waals surface area contributed by atoms with E-state index < -0.39 is 0 Å². The van der Waals surface area contributed by atoms with Crippen molar-refractivity contribution in [2.24, 2.45) is 9.98 Å². The minimum Gasteiger partial charge on any atom is -0.492 e. The first-order valence-electron chi connectivity index (χ1n) is 14.7. The van der Waals surface area contributed by atoms with Crippen LogP contribution in [-0.2, 0) is 16.8 Å². The summed E-state index contributed by atoms with van der Waals surface area (Å²) in [6, 6.07) is 33.2. The van der Waals surface area contributed by atoms with Crippen LogP contribution in [-0.4, -0.2) is 23.5 Å². The molecule has 5 heteroatoms. The number of benzene rings is 4. The van der Waals surface area contributed by atoms with Crippen LogP contribution >= 0.6 is 0 Å². The van der Waals surface area contributed by atoms with Crippen LogP contribution in [0.1, 0.15) is 49.4 Å². The molecule has 0 bridgehead atoms. The fourth-order valence-corrected chi connectivity index (χ4v) is 5.00. The van der Waals surface area contributed by atoms with Gasteiger partial charge in [0.05, 0.1) is 12.3 Å². The molecule has 1 heterocycles. The Kier molecular flexibility index (Phi) is 13.3. The summed E-state index contributed by atoms with van der Waals surface area (Å²) in [6.45, 7) is 12.9. The van der Waals surface area contributed by atoms with Crippen LogP contribution in [0.5, 0.6) is 5.75 Å². The van der Waals surface area contributed by atoms with Gasteiger partial charge in [-0.15, -0.1) is 18.1 Å². The molecule has 5 rings (SSSR count). The van der Waals surface area contributed by atoms with Gasteiger partial charge < -0.3 is 9.73 Å². The maximum atomic E-state index is 6.31. The predicted octanol–water partition coefficient (Wildman–Crippen LogP) is 10.6. The van der Waals surface area contributed by atoms with Crippen LogP contribution < -0.4 is 4.74 Å². The average Bonchev–Trinajstić information content (AvgIpc) is 3.03. The number of hydrogen-bond acceptors (Lipinski definition) is 4. The molecule has 0 amide bonds. The van der Waals surface area contributed by atoms with Crippen LogP contribution in [0.25, 0.3) is 22.3 Å². The van der Waals surface area contributed by atoms with Crippen LogP contribution in [0.2, 0.25) is 0 Å². The summed E-state index contributed by atoms with van der Waals surface area (Å²) in [5, 5.41) is 0. The Morgan fingerprint density at radius 1 is 0.795 bits per heavy atom. The van der Waals surface area contributed by atoms with Gasteiger partial charge in [0.15, 0.2) is 0 Å². The maximum absolute atomic E-state index is 6.31. The zero-order valence-electron chi connectivity index (χ0n) is 26.4. The second-order valence-electron chi connectivity index (χ2n) is 10.5. The van der Waals surface area contributed by atoms with Crippen LogP contribution in [0.4, 0.5) is 11.4 Å². The predicted molar refractivity (Wildman–Crippen MR) is 183 cm³/mol. The van der Waals surface area contributed by atoms with Gasteiger partial charge in [0.1, 0.15) is 5.75 Å². The van der Waals surface area contributed by atoms with Gasteiger partial charge in [-0.3, -0.25) is 9.98 Å². The molecule has 5 aromatic rings. The Morgan fingerprint density at radius 3 is 1.84 bits per heavy atom. The second-order valence-corrected chi connectivity index (χ2v) is 10.5. The Labute approximate surface area is 273 Å². The van der Waals surface area contributed by atoms with Crippen LogP contribution in [0.3, 0.4) is 0 Å². The van der Waals surface area contributed by atoms with E-state index in [-0.39, 0.29) is 16.8 Å². The number of hydrogen-bond donors (Lipinski definition) is 0. The van der Waals surface area contributed by atoms with E-state index in [0.717, 1.165) is 57.1 Å². The van der Waals surface area contributed by atoms with Gasteiger partial charge >= 0.3 is 0 Å². The Morgan fingerprint density at radius 2 is 1.36 bits per heavy atom. The normalized spacial score (nSPS) is 11.0. The summed E-state index contributed by atoms with van der Waals surface area (Å²) in [6.07, 6.45) is 7.37. The molecule has 1 radical (unpaired) electrons. The van der Waals surface area contributed by atoms with Crippen LogP contribution in [0.15, 0.2) is 119 Å². The first-order chi connectivity index (χ1) is 20.9.